The lowest BCUT2D eigenvalue weighted by Crippen LogP contribution is -2.15. The molecule has 1 rings (SSSR count). The highest BCUT2D eigenvalue weighted by molar-refractivity contribution is 9.09. The molecule has 0 saturated heterocycles. The molecule has 0 heterocycles. The zero-order valence-corrected chi connectivity index (χ0v) is 11.3. The number of anilines is 1. The van der Waals surface area contributed by atoms with Gasteiger partial charge in [0.05, 0.1) is 11.1 Å². The summed E-state index contributed by atoms with van der Waals surface area (Å²) in [5.74, 6) is -0.686. The summed E-state index contributed by atoms with van der Waals surface area (Å²) in [5, 5.41) is 2.24. The number of nitrogens with one attached hydrogen (secondary N) is 1. The first-order valence-electron chi connectivity index (χ1n) is 5.19. The van der Waals surface area contributed by atoms with E-state index >= 15 is 0 Å². The second kappa shape index (κ2) is 6.02. The molecule has 2 nitrogen and oxygen atoms in total. The molecule has 0 aliphatic heterocycles. The van der Waals surface area contributed by atoms with Gasteiger partial charge in [-0.2, -0.15) is 26.3 Å². The van der Waals surface area contributed by atoms with Crippen molar-refractivity contribution >= 4 is 27.5 Å². The Morgan fingerprint density at radius 3 is 1.80 bits per heavy atom. The molecule has 0 saturated carbocycles. The Morgan fingerprint density at radius 1 is 1.00 bits per heavy atom. The van der Waals surface area contributed by atoms with Gasteiger partial charge >= 0.3 is 12.4 Å². The molecule has 0 aliphatic carbocycles. The largest absolute Gasteiger partial charge is 0.416 e. The van der Waals surface area contributed by atoms with E-state index < -0.39 is 35.1 Å². The Balaban J connectivity index is 3.21. The van der Waals surface area contributed by atoms with E-state index in [9.17, 15) is 31.1 Å². The SMILES string of the molecule is O=C(CCBr)Nc1cc(C(F)(F)F)cc(C(F)(F)F)c1. The minimum absolute atomic E-state index is 0.000142. The quantitative estimate of drug-likeness (QED) is 0.623. The molecule has 0 atom stereocenters. The van der Waals surface area contributed by atoms with Crippen molar-refractivity contribution in [2.45, 2.75) is 18.8 Å². The molecule has 0 bridgehead atoms. The first-order chi connectivity index (χ1) is 9.04. The predicted octanol–water partition coefficient (Wildman–Crippen LogP) is 4.45. The van der Waals surface area contributed by atoms with E-state index in [0.717, 1.165) is 0 Å². The molecule has 0 spiro atoms. The summed E-state index contributed by atoms with van der Waals surface area (Å²) in [6, 6.07) is 0.920. The van der Waals surface area contributed by atoms with E-state index in [1.807, 2.05) is 5.32 Å². The van der Waals surface area contributed by atoms with E-state index in [1.54, 1.807) is 0 Å². The summed E-state index contributed by atoms with van der Waals surface area (Å²) in [5.41, 5.74) is -3.49. The number of carbonyl (C=O) groups is 1. The van der Waals surface area contributed by atoms with Gasteiger partial charge in [0.1, 0.15) is 0 Å². The summed E-state index contributed by atoms with van der Waals surface area (Å²) in [6.07, 6.45) is -9.94. The highest BCUT2D eigenvalue weighted by Gasteiger charge is 2.37. The van der Waals surface area contributed by atoms with Crippen molar-refractivity contribution in [2.75, 3.05) is 10.6 Å². The Kier molecular flexibility index (Phi) is 5.06. The van der Waals surface area contributed by atoms with Crippen LogP contribution < -0.4 is 5.32 Å². The molecule has 1 aromatic carbocycles. The van der Waals surface area contributed by atoms with Gasteiger partial charge in [0.25, 0.3) is 0 Å². The van der Waals surface area contributed by atoms with E-state index in [0.29, 0.717) is 12.1 Å². The fraction of sp³-hybridized carbons (Fsp3) is 0.364. The first-order valence-corrected chi connectivity index (χ1v) is 6.31. The smallest absolute Gasteiger partial charge is 0.326 e. The second-order valence-electron chi connectivity index (χ2n) is 3.78. The predicted molar refractivity (Wildman–Crippen MR) is 63.5 cm³/mol. The number of amides is 1. The minimum atomic E-state index is -4.93. The van der Waals surface area contributed by atoms with Crippen LogP contribution in [-0.4, -0.2) is 11.2 Å². The molecule has 1 aromatic rings. The van der Waals surface area contributed by atoms with Crippen molar-refractivity contribution in [1.82, 2.24) is 0 Å². The number of benzene rings is 1. The molecule has 1 amide bonds. The Labute approximate surface area is 118 Å². The van der Waals surface area contributed by atoms with Crippen LogP contribution in [-0.2, 0) is 17.1 Å². The van der Waals surface area contributed by atoms with E-state index in [-0.39, 0.29) is 17.8 Å². The molecular weight excluding hydrogens is 356 g/mol. The fourth-order valence-electron chi connectivity index (χ4n) is 1.34. The van der Waals surface area contributed by atoms with Crippen LogP contribution in [0.15, 0.2) is 18.2 Å². The van der Waals surface area contributed by atoms with Crippen LogP contribution in [0.1, 0.15) is 17.5 Å². The molecule has 20 heavy (non-hydrogen) atoms. The van der Waals surface area contributed by atoms with Crippen molar-refractivity contribution in [3.8, 4) is 0 Å². The maximum Gasteiger partial charge on any atom is 0.416 e. The van der Waals surface area contributed by atoms with Crippen LogP contribution in [0.25, 0.3) is 0 Å². The first kappa shape index (κ1) is 16.8. The number of alkyl halides is 7. The van der Waals surface area contributed by atoms with Crippen molar-refractivity contribution in [3.63, 3.8) is 0 Å². The van der Waals surface area contributed by atoms with Crippen molar-refractivity contribution in [1.29, 1.82) is 0 Å². The highest BCUT2D eigenvalue weighted by Crippen LogP contribution is 2.37. The van der Waals surface area contributed by atoms with Crippen molar-refractivity contribution in [2.24, 2.45) is 0 Å². The molecule has 0 fully saturated rings. The van der Waals surface area contributed by atoms with E-state index in [4.69, 9.17) is 0 Å². The molecule has 0 aliphatic rings. The standard InChI is InChI=1S/C11H8BrF6NO/c12-2-1-9(20)19-8-4-6(10(13,14)15)3-7(5-8)11(16,17)18/h3-5H,1-2H2,(H,19,20). The number of rotatable bonds is 3. The monoisotopic (exact) mass is 363 g/mol. The van der Waals surface area contributed by atoms with Gasteiger partial charge in [0, 0.05) is 17.4 Å². The number of hydrogen-bond acceptors (Lipinski definition) is 1. The van der Waals surface area contributed by atoms with Crippen LogP contribution >= 0.6 is 15.9 Å². The summed E-state index contributed by atoms with van der Waals surface area (Å²) in [7, 11) is 0. The van der Waals surface area contributed by atoms with Crippen LogP contribution in [0.2, 0.25) is 0 Å². The van der Waals surface area contributed by atoms with E-state index in [2.05, 4.69) is 15.9 Å². The number of hydrogen-bond donors (Lipinski definition) is 1. The van der Waals surface area contributed by atoms with Gasteiger partial charge < -0.3 is 5.32 Å². The highest BCUT2D eigenvalue weighted by atomic mass is 79.9. The van der Waals surface area contributed by atoms with Crippen LogP contribution in [0.5, 0.6) is 0 Å². The third-order valence-corrected chi connectivity index (χ3v) is 2.59. The van der Waals surface area contributed by atoms with Gasteiger partial charge in [-0.1, -0.05) is 15.9 Å². The van der Waals surface area contributed by atoms with Gasteiger partial charge in [-0.05, 0) is 18.2 Å². The third kappa shape index (κ3) is 4.69. The molecule has 112 valence electrons. The van der Waals surface area contributed by atoms with E-state index in [1.165, 1.54) is 0 Å². The number of halogens is 7. The van der Waals surface area contributed by atoms with Gasteiger partial charge in [0.2, 0.25) is 5.91 Å². The topological polar surface area (TPSA) is 29.1 Å². The zero-order chi connectivity index (χ0) is 15.6. The summed E-state index contributed by atoms with van der Waals surface area (Å²) in [4.78, 5) is 11.2. The minimum Gasteiger partial charge on any atom is -0.326 e. The average Bonchev–Trinajstić information content (AvgIpc) is 2.26. The van der Waals surface area contributed by atoms with Gasteiger partial charge in [0.15, 0.2) is 0 Å². The maximum atomic E-state index is 12.5. The lowest BCUT2D eigenvalue weighted by atomic mass is 10.1. The number of carbonyl (C=O) groups excluding carboxylic acids is 1. The fourth-order valence-corrected chi connectivity index (χ4v) is 1.70. The summed E-state index contributed by atoms with van der Waals surface area (Å²) < 4.78 is 75.2. The molecular formula is C11H8BrF6NO. The normalized spacial score (nSPS) is 12.3. The Morgan fingerprint density at radius 2 is 1.45 bits per heavy atom. The molecule has 0 aromatic heterocycles. The van der Waals surface area contributed by atoms with Crippen LogP contribution in [0.4, 0.5) is 32.0 Å². The Bertz CT molecular complexity index is 464. The van der Waals surface area contributed by atoms with Crippen LogP contribution in [0, 0.1) is 0 Å². The second-order valence-corrected chi connectivity index (χ2v) is 4.57. The van der Waals surface area contributed by atoms with Gasteiger partial charge in [-0.15, -0.1) is 0 Å². The maximum absolute atomic E-state index is 12.5. The van der Waals surface area contributed by atoms with Gasteiger partial charge in [-0.25, -0.2) is 0 Å². The Hall–Kier alpha value is -1.25. The molecule has 0 radical (unpaired) electrons. The molecule has 1 N–H and O–H groups in total. The lowest BCUT2D eigenvalue weighted by Gasteiger charge is -2.14. The average molecular weight is 364 g/mol. The van der Waals surface area contributed by atoms with Crippen molar-refractivity contribution < 1.29 is 31.1 Å². The summed E-state index contributed by atoms with van der Waals surface area (Å²) >= 11 is 2.93. The van der Waals surface area contributed by atoms with Gasteiger partial charge in [-0.3, -0.25) is 4.79 Å². The third-order valence-electron chi connectivity index (χ3n) is 2.19. The lowest BCUT2D eigenvalue weighted by molar-refractivity contribution is -0.143. The van der Waals surface area contributed by atoms with Crippen molar-refractivity contribution in [3.05, 3.63) is 29.3 Å². The van der Waals surface area contributed by atoms with Crippen LogP contribution in [0.3, 0.4) is 0 Å². The molecule has 9 heteroatoms. The molecule has 0 unspecified atom stereocenters. The summed E-state index contributed by atoms with van der Waals surface area (Å²) in [6.45, 7) is 0. The zero-order valence-electron chi connectivity index (χ0n) is 9.70.